The Morgan fingerprint density at radius 3 is 2.29 bits per heavy atom. The quantitative estimate of drug-likeness (QED) is 0.320. The van der Waals surface area contributed by atoms with Crippen molar-refractivity contribution < 1.29 is 17.9 Å². The third-order valence-electron chi connectivity index (χ3n) is 4.74. The van der Waals surface area contributed by atoms with Gasteiger partial charge in [0.25, 0.3) is 5.91 Å². The Hall–Kier alpha value is -2.10. The first kappa shape index (κ1) is 27.5. The fraction of sp³-hybridized carbons (Fsp3) is 0.240. The summed E-state index contributed by atoms with van der Waals surface area (Å²) in [6.45, 7) is 5.56. The van der Waals surface area contributed by atoms with Crippen LogP contribution in [-0.4, -0.2) is 31.8 Å². The van der Waals surface area contributed by atoms with Crippen LogP contribution in [-0.2, 0) is 16.6 Å². The molecular weight excluding hydrogens is 575 g/mol. The lowest BCUT2D eigenvalue weighted by atomic mass is 10.1. The second-order valence-electron chi connectivity index (χ2n) is 8.98. The molecule has 0 aromatic heterocycles. The van der Waals surface area contributed by atoms with Crippen LogP contribution >= 0.6 is 39.1 Å². The summed E-state index contributed by atoms with van der Waals surface area (Å²) in [4.78, 5) is 14.6. The van der Waals surface area contributed by atoms with E-state index in [2.05, 4.69) is 20.7 Å². The number of halogens is 3. The lowest BCUT2D eigenvalue weighted by Gasteiger charge is -2.21. The molecule has 0 bridgehead atoms. The van der Waals surface area contributed by atoms with Gasteiger partial charge in [0.05, 0.1) is 14.9 Å². The number of nitrogens with zero attached hydrogens (tertiary/aromatic N) is 1. The molecular formula is C25H25BrCl2N2O4S. The number of nitrogens with one attached hydrogen (secondary N) is 1. The van der Waals surface area contributed by atoms with Crippen LogP contribution in [0.15, 0.2) is 70.0 Å². The van der Waals surface area contributed by atoms with E-state index in [1.807, 2.05) is 6.07 Å². The van der Waals surface area contributed by atoms with Gasteiger partial charge in [-0.25, -0.2) is 13.1 Å². The third-order valence-corrected chi connectivity index (χ3v) is 7.97. The van der Waals surface area contributed by atoms with Gasteiger partial charge in [0, 0.05) is 35.2 Å². The molecule has 0 heterocycles. The Morgan fingerprint density at radius 1 is 1.00 bits per heavy atom. The highest BCUT2D eigenvalue weighted by Crippen LogP contribution is 2.31. The summed E-state index contributed by atoms with van der Waals surface area (Å²) in [7, 11) is -2.10. The highest BCUT2D eigenvalue weighted by Gasteiger charge is 2.23. The SMILES string of the molecule is CN(Cc1ccc(Oc2ccc(Cl)c(Cl)c2)cc1Br)C(=O)c1cccc(S(=O)(=O)NC(C)(C)C)c1. The molecule has 0 aliphatic heterocycles. The smallest absolute Gasteiger partial charge is 0.253 e. The summed E-state index contributed by atoms with van der Waals surface area (Å²) in [6.07, 6.45) is 0. The predicted octanol–water partition coefficient (Wildman–Crippen LogP) is 6.90. The van der Waals surface area contributed by atoms with Crippen molar-refractivity contribution in [2.45, 2.75) is 37.8 Å². The van der Waals surface area contributed by atoms with Gasteiger partial charge in [-0.2, -0.15) is 0 Å². The summed E-state index contributed by atoms with van der Waals surface area (Å²) < 4.78 is 34.5. The van der Waals surface area contributed by atoms with Crippen molar-refractivity contribution in [3.8, 4) is 11.5 Å². The van der Waals surface area contributed by atoms with Gasteiger partial charge in [-0.05, 0) is 68.8 Å². The molecule has 0 atom stereocenters. The van der Waals surface area contributed by atoms with E-state index in [0.29, 0.717) is 28.1 Å². The molecule has 0 saturated carbocycles. The first-order valence-electron chi connectivity index (χ1n) is 10.6. The lowest BCUT2D eigenvalue weighted by molar-refractivity contribution is 0.0784. The maximum Gasteiger partial charge on any atom is 0.253 e. The monoisotopic (exact) mass is 598 g/mol. The fourth-order valence-electron chi connectivity index (χ4n) is 3.20. The number of hydrogen-bond acceptors (Lipinski definition) is 4. The van der Waals surface area contributed by atoms with Crippen LogP contribution in [0.5, 0.6) is 11.5 Å². The second-order valence-corrected chi connectivity index (χ2v) is 12.3. The molecule has 0 aliphatic carbocycles. The number of hydrogen-bond donors (Lipinski definition) is 1. The van der Waals surface area contributed by atoms with Crippen LogP contribution in [0.2, 0.25) is 10.0 Å². The predicted molar refractivity (Wildman–Crippen MR) is 143 cm³/mol. The molecule has 3 aromatic rings. The van der Waals surface area contributed by atoms with E-state index < -0.39 is 15.6 Å². The Morgan fingerprint density at radius 2 is 1.66 bits per heavy atom. The zero-order valence-corrected chi connectivity index (χ0v) is 23.5. The number of carbonyl (C=O) groups is 1. The van der Waals surface area contributed by atoms with E-state index in [-0.39, 0.29) is 16.4 Å². The summed E-state index contributed by atoms with van der Waals surface area (Å²) >= 11 is 15.5. The molecule has 0 spiro atoms. The minimum Gasteiger partial charge on any atom is -0.457 e. The molecule has 0 fully saturated rings. The van der Waals surface area contributed by atoms with Gasteiger partial charge in [0.15, 0.2) is 0 Å². The standard InChI is InChI=1S/C25H25BrCl2N2O4S/c1-25(2,3)29-35(32,33)20-7-5-6-16(12-20)24(31)30(4)15-17-8-9-18(13-21(17)26)34-19-10-11-22(27)23(28)14-19/h5-14,29H,15H2,1-4H3. The Bertz CT molecular complexity index is 1360. The Balaban J connectivity index is 1.73. The zero-order valence-electron chi connectivity index (χ0n) is 19.6. The maximum atomic E-state index is 13.0. The lowest BCUT2D eigenvalue weighted by Crippen LogP contribution is -2.40. The zero-order chi connectivity index (χ0) is 26.0. The number of rotatable bonds is 7. The van der Waals surface area contributed by atoms with Crippen LogP contribution in [0, 0.1) is 0 Å². The molecule has 0 aliphatic rings. The average Bonchev–Trinajstić information content (AvgIpc) is 2.76. The number of ether oxygens (including phenoxy) is 1. The summed E-state index contributed by atoms with van der Waals surface area (Å²) in [6, 6.07) is 16.4. The number of sulfonamides is 1. The summed E-state index contributed by atoms with van der Waals surface area (Å²) in [5.41, 5.74) is 0.484. The van der Waals surface area contributed by atoms with Crippen molar-refractivity contribution >= 4 is 55.1 Å². The molecule has 0 saturated heterocycles. The first-order chi connectivity index (χ1) is 16.2. The molecule has 0 unspecified atom stereocenters. The minimum atomic E-state index is -3.76. The van der Waals surface area contributed by atoms with Gasteiger partial charge >= 0.3 is 0 Å². The minimum absolute atomic E-state index is 0.0386. The van der Waals surface area contributed by atoms with Crippen LogP contribution in [0.3, 0.4) is 0 Å². The highest BCUT2D eigenvalue weighted by atomic mass is 79.9. The van der Waals surface area contributed by atoms with Crippen LogP contribution in [0.4, 0.5) is 0 Å². The topological polar surface area (TPSA) is 75.7 Å². The number of benzene rings is 3. The highest BCUT2D eigenvalue weighted by molar-refractivity contribution is 9.10. The van der Waals surface area contributed by atoms with Crippen molar-refractivity contribution in [2.24, 2.45) is 0 Å². The van der Waals surface area contributed by atoms with Crippen LogP contribution in [0.1, 0.15) is 36.7 Å². The summed E-state index contributed by atoms with van der Waals surface area (Å²) in [5, 5.41) is 0.836. The van der Waals surface area contributed by atoms with Crippen molar-refractivity contribution in [1.29, 1.82) is 0 Å². The number of carbonyl (C=O) groups excluding carboxylic acids is 1. The largest absolute Gasteiger partial charge is 0.457 e. The van der Waals surface area contributed by atoms with Crippen molar-refractivity contribution in [1.82, 2.24) is 9.62 Å². The summed E-state index contributed by atoms with van der Waals surface area (Å²) in [5.74, 6) is 0.820. The molecule has 6 nitrogen and oxygen atoms in total. The van der Waals surface area contributed by atoms with Crippen LogP contribution < -0.4 is 9.46 Å². The van der Waals surface area contributed by atoms with Gasteiger partial charge in [-0.15, -0.1) is 0 Å². The number of amides is 1. The maximum absolute atomic E-state index is 13.0. The molecule has 10 heteroatoms. The molecule has 35 heavy (non-hydrogen) atoms. The van der Waals surface area contributed by atoms with E-state index in [1.165, 1.54) is 17.0 Å². The molecule has 1 amide bonds. The third kappa shape index (κ3) is 7.44. The fourth-order valence-corrected chi connectivity index (χ4v) is 5.44. The molecule has 1 N–H and O–H groups in total. The van der Waals surface area contributed by atoms with Crippen molar-refractivity contribution in [3.63, 3.8) is 0 Å². The van der Waals surface area contributed by atoms with E-state index >= 15 is 0 Å². The first-order valence-corrected chi connectivity index (χ1v) is 13.6. The Kier molecular flexibility index (Phi) is 8.55. The van der Waals surface area contributed by atoms with Gasteiger partial charge in [0.1, 0.15) is 11.5 Å². The second kappa shape index (κ2) is 10.9. The molecule has 186 valence electrons. The average molecular weight is 600 g/mol. The van der Waals surface area contributed by atoms with Crippen molar-refractivity contribution in [2.75, 3.05) is 7.05 Å². The molecule has 3 aromatic carbocycles. The molecule has 0 radical (unpaired) electrons. The van der Waals surface area contributed by atoms with Crippen LogP contribution in [0.25, 0.3) is 0 Å². The van der Waals surface area contributed by atoms with E-state index in [1.54, 1.807) is 70.3 Å². The normalized spacial score (nSPS) is 11.9. The Labute approximate surface area is 224 Å². The van der Waals surface area contributed by atoms with Gasteiger partial charge in [-0.1, -0.05) is 51.3 Å². The van der Waals surface area contributed by atoms with Crippen molar-refractivity contribution in [3.05, 3.63) is 86.3 Å². The van der Waals surface area contributed by atoms with E-state index in [9.17, 15) is 13.2 Å². The van der Waals surface area contributed by atoms with Gasteiger partial charge < -0.3 is 9.64 Å². The van der Waals surface area contributed by atoms with Gasteiger partial charge in [-0.3, -0.25) is 4.79 Å². The van der Waals surface area contributed by atoms with E-state index in [0.717, 1.165) is 10.0 Å². The van der Waals surface area contributed by atoms with E-state index in [4.69, 9.17) is 27.9 Å². The molecule has 3 rings (SSSR count). The van der Waals surface area contributed by atoms with Gasteiger partial charge in [0.2, 0.25) is 10.0 Å².